The number of aryl methyl sites for hydroxylation is 1. The first-order valence-corrected chi connectivity index (χ1v) is 13.9. The number of sulfone groups is 1. The van der Waals surface area contributed by atoms with Gasteiger partial charge in [-0.3, -0.25) is 9.69 Å². The SMILES string of the molecule is CCc1cccc2sc(N3CCN(CCNC(=O)CCS(=O)(=O)c4ccc(F)cc4)CC3)nc12. The summed E-state index contributed by atoms with van der Waals surface area (Å²) in [5.74, 6) is -1.10. The second-order valence-corrected chi connectivity index (χ2v) is 11.4. The predicted molar refractivity (Wildman–Crippen MR) is 134 cm³/mol. The lowest BCUT2D eigenvalue weighted by Crippen LogP contribution is -2.48. The average molecular weight is 505 g/mol. The third-order valence-corrected chi connectivity index (χ3v) is 8.85. The fourth-order valence-electron chi connectivity index (χ4n) is 4.01. The van der Waals surface area contributed by atoms with Crippen molar-refractivity contribution in [2.75, 3.05) is 49.9 Å². The molecule has 1 aliphatic heterocycles. The molecule has 0 aliphatic carbocycles. The van der Waals surface area contributed by atoms with Gasteiger partial charge in [-0.15, -0.1) is 0 Å². The standard InChI is InChI=1S/C24H29FN4O3S2/c1-2-18-4-3-5-21-23(18)27-24(33-21)29-15-13-28(14-16-29)12-11-26-22(30)10-17-34(31,32)20-8-6-19(25)7-9-20/h3-9H,2,10-17H2,1H3,(H,26,30). The van der Waals surface area contributed by atoms with Crippen LogP contribution in [-0.2, 0) is 21.1 Å². The van der Waals surface area contributed by atoms with Crippen LogP contribution in [0.2, 0.25) is 0 Å². The number of hydrogen-bond acceptors (Lipinski definition) is 7. The minimum Gasteiger partial charge on any atom is -0.355 e. The van der Waals surface area contributed by atoms with E-state index < -0.39 is 15.7 Å². The van der Waals surface area contributed by atoms with Crippen molar-refractivity contribution >= 4 is 42.4 Å². The van der Waals surface area contributed by atoms with Gasteiger partial charge in [0.05, 0.1) is 20.9 Å². The molecule has 0 spiro atoms. The number of nitrogens with one attached hydrogen (secondary N) is 1. The minimum atomic E-state index is -3.61. The van der Waals surface area contributed by atoms with Crippen LogP contribution in [0.15, 0.2) is 47.4 Å². The lowest BCUT2D eigenvalue weighted by Gasteiger charge is -2.34. The number of amides is 1. The molecule has 1 amide bonds. The molecule has 0 unspecified atom stereocenters. The molecule has 1 aliphatic rings. The van der Waals surface area contributed by atoms with Crippen molar-refractivity contribution in [3.8, 4) is 0 Å². The van der Waals surface area contributed by atoms with Crippen molar-refractivity contribution in [2.24, 2.45) is 0 Å². The normalized spacial score (nSPS) is 15.1. The Labute approximate surface area is 203 Å². The summed E-state index contributed by atoms with van der Waals surface area (Å²) >= 11 is 1.73. The molecule has 0 bridgehead atoms. The first-order chi connectivity index (χ1) is 16.4. The van der Waals surface area contributed by atoms with Gasteiger partial charge in [0.25, 0.3) is 0 Å². The maximum Gasteiger partial charge on any atom is 0.221 e. The lowest BCUT2D eigenvalue weighted by molar-refractivity contribution is -0.120. The van der Waals surface area contributed by atoms with Gasteiger partial charge in [0.1, 0.15) is 5.82 Å². The monoisotopic (exact) mass is 504 g/mol. The number of carbonyl (C=O) groups is 1. The Morgan fingerprint density at radius 3 is 2.56 bits per heavy atom. The number of thiazole rings is 1. The third-order valence-electron chi connectivity index (χ3n) is 6.04. The highest BCUT2D eigenvalue weighted by molar-refractivity contribution is 7.91. The van der Waals surface area contributed by atoms with Crippen LogP contribution >= 0.6 is 11.3 Å². The van der Waals surface area contributed by atoms with Gasteiger partial charge in [0.2, 0.25) is 5.91 Å². The number of rotatable bonds is 9. The van der Waals surface area contributed by atoms with Gasteiger partial charge in [0.15, 0.2) is 15.0 Å². The molecule has 0 radical (unpaired) electrons. The number of aromatic nitrogens is 1. The van der Waals surface area contributed by atoms with E-state index >= 15 is 0 Å². The van der Waals surface area contributed by atoms with Crippen molar-refractivity contribution in [2.45, 2.75) is 24.7 Å². The summed E-state index contributed by atoms with van der Waals surface area (Å²) < 4.78 is 38.8. The molecule has 2 aromatic carbocycles. The Bertz CT molecular complexity index is 1240. The van der Waals surface area contributed by atoms with Gasteiger partial charge in [-0.05, 0) is 42.3 Å². The molecule has 182 valence electrons. The van der Waals surface area contributed by atoms with Crippen LogP contribution in [0.1, 0.15) is 18.9 Å². The maximum absolute atomic E-state index is 13.0. The molecule has 3 aromatic rings. The second kappa shape index (κ2) is 10.8. The van der Waals surface area contributed by atoms with Gasteiger partial charge in [-0.2, -0.15) is 0 Å². The number of piperazine rings is 1. The molecule has 7 nitrogen and oxygen atoms in total. The van der Waals surface area contributed by atoms with Crippen molar-refractivity contribution in [3.63, 3.8) is 0 Å². The van der Waals surface area contributed by atoms with Gasteiger partial charge in [0, 0.05) is 45.7 Å². The van der Waals surface area contributed by atoms with E-state index in [-0.39, 0.29) is 23.0 Å². The summed E-state index contributed by atoms with van der Waals surface area (Å²) in [6.07, 6.45) is 0.850. The average Bonchev–Trinajstić information content (AvgIpc) is 3.28. The summed E-state index contributed by atoms with van der Waals surface area (Å²) in [7, 11) is -3.61. The zero-order valence-electron chi connectivity index (χ0n) is 19.2. The van der Waals surface area contributed by atoms with E-state index in [0.717, 1.165) is 55.4 Å². The topological polar surface area (TPSA) is 82.6 Å². The van der Waals surface area contributed by atoms with Crippen LogP contribution in [0.4, 0.5) is 9.52 Å². The number of hydrogen-bond donors (Lipinski definition) is 1. The fourth-order valence-corrected chi connectivity index (χ4v) is 6.31. The fraction of sp³-hybridized carbons (Fsp3) is 0.417. The molecule has 0 atom stereocenters. The molecule has 2 heterocycles. The van der Waals surface area contributed by atoms with Crippen LogP contribution in [0.3, 0.4) is 0 Å². The van der Waals surface area contributed by atoms with E-state index in [0.29, 0.717) is 13.1 Å². The van der Waals surface area contributed by atoms with E-state index in [9.17, 15) is 17.6 Å². The maximum atomic E-state index is 13.0. The van der Waals surface area contributed by atoms with Gasteiger partial charge in [-0.25, -0.2) is 17.8 Å². The molecule has 10 heteroatoms. The smallest absolute Gasteiger partial charge is 0.221 e. The van der Waals surface area contributed by atoms with Crippen molar-refractivity contribution in [1.82, 2.24) is 15.2 Å². The summed E-state index contributed by atoms with van der Waals surface area (Å²) in [6.45, 7) is 6.85. The number of benzene rings is 2. The van der Waals surface area contributed by atoms with Gasteiger partial charge in [-0.1, -0.05) is 30.4 Å². The predicted octanol–water partition coefficient (Wildman–Crippen LogP) is 3.10. The zero-order chi connectivity index (χ0) is 24.1. The van der Waals surface area contributed by atoms with Crippen LogP contribution < -0.4 is 10.2 Å². The number of carbonyl (C=O) groups excluding carboxylic acids is 1. The highest BCUT2D eigenvalue weighted by Crippen LogP contribution is 2.31. The summed E-state index contributed by atoms with van der Waals surface area (Å²) in [5.41, 5.74) is 2.39. The zero-order valence-corrected chi connectivity index (χ0v) is 20.8. The molecule has 1 N–H and O–H groups in total. The lowest BCUT2D eigenvalue weighted by atomic mass is 10.1. The molecule has 1 saturated heterocycles. The highest BCUT2D eigenvalue weighted by atomic mass is 32.2. The van der Waals surface area contributed by atoms with Crippen LogP contribution in [-0.4, -0.2) is 69.2 Å². The molecule has 1 aromatic heterocycles. The molecule has 1 fully saturated rings. The Morgan fingerprint density at radius 2 is 1.85 bits per heavy atom. The van der Waals surface area contributed by atoms with Gasteiger partial charge < -0.3 is 10.2 Å². The first kappa shape index (κ1) is 24.6. The number of para-hydroxylation sites is 1. The number of fused-ring (bicyclic) bond motifs is 1. The molecular formula is C24H29FN4O3S2. The molecule has 34 heavy (non-hydrogen) atoms. The van der Waals surface area contributed by atoms with Crippen LogP contribution in [0, 0.1) is 5.82 Å². The van der Waals surface area contributed by atoms with Gasteiger partial charge >= 0.3 is 0 Å². The quantitative estimate of drug-likeness (QED) is 0.451. The highest BCUT2D eigenvalue weighted by Gasteiger charge is 2.21. The largest absolute Gasteiger partial charge is 0.355 e. The van der Waals surface area contributed by atoms with Crippen molar-refractivity contribution in [1.29, 1.82) is 0 Å². The van der Waals surface area contributed by atoms with E-state index in [1.54, 1.807) is 11.3 Å². The van der Waals surface area contributed by atoms with Crippen LogP contribution in [0.5, 0.6) is 0 Å². The Morgan fingerprint density at radius 1 is 1.12 bits per heavy atom. The van der Waals surface area contributed by atoms with E-state index in [1.165, 1.54) is 22.4 Å². The van der Waals surface area contributed by atoms with Crippen molar-refractivity contribution in [3.05, 3.63) is 53.8 Å². The summed E-state index contributed by atoms with van der Waals surface area (Å²) in [4.78, 5) is 21.6. The Balaban J connectivity index is 1.19. The summed E-state index contributed by atoms with van der Waals surface area (Å²) in [5, 5.41) is 3.87. The number of nitrogens with zero attached hydrogens (tertiary/aromatic N) is 3. The second-order valence-electron chi connectivity index (χ2n) is 8.32. The molecular weight excluding hydrogens is 475 g/mol. The minimum absolute atomic E-state index is 0.0265. The van der Waals surface area contributed by atoms with E-state index in [1.807, 2.05) is 0 Å². The third kappa shape index (κ3) is 5.92. The number of halogens is 1. The molecule has 4 rings (SSSR count). The van der Waals surface area contributed by atoms with Crippen molar-refractivity contribution < 1.29 is 17.6 Å². The van der Waals surface area contributed by atoms with E-state index in [4.69, 9.17) is 4.98 Å². The number of anilines is 1. The summed E-state index contributed by atoms with van der Waals surface area (Å²) in [6, 6.07) is 11.0. The molecule has 0 saturated carbocycles. The Hall–Kier alpha value is -2.56. The Kier molecular flexibility index (Phi) is 7.80. The first-order valence-electron chi connectivity index (χ1n) is 11.5. The van der Waals surface area contributed by atoms with E-state index in [2.05, 4.69) is 40.2 Å². The van der Waals surface area contributed by atoms with Crippen LogP contribution in [0.25, 0.3) is 10.2 Å².